The fraction of sp³-hybridized carbons (Fsp3) is 0.364. The Balaban J connectivity index is 2.32. The van der Waals surface area contributed by atoms with E-state index >= 15 is 0 Å². The Morgan fingerprint density at radius 1 is 1.00 bits per heavy atom. The molecule has 0 aliphatic heterocycles. The van der Waals surface area contributed by atoms with Gasteiger partial charge in [-0.1, -0.05) is 32.0 Å². The number of ether oxygens (including phenoxy) is 2. The molecule has 0 spiro atoms. The standard InChI is InChI=1S/C22H28N2O4/c1-6-16-9-8-10-17(7-2)22(16)24(15(3)25)14-21(26)23-19-13-18(27-4)11-12-20(19)28-5/h8-13H,6-7,14H2,1-5H3,(H,23,26). The van der Waals surface area contributed by atoms with Crippen LogP contribution in [-0.4, -0.2) is 32.6 Å². The van der Waals surface area contributed by atoms with Crippen molar-refractivity contribution < 1.29 is 19.1 Å². The molecule has 0 fully saturated rings. The van der Waals surface area contributed by atoms with Crippen molar-refractivity contribution in [2.75, 3.05) is 31.0 Å². The van der Waals surface area contributed by atoms with E-state index in [4.69, 9.17) is 9.47 Å². The first-order chi connectivity index (χ1) is 13.4. The third-order valence-electron chi connectivity index (χ3n) is 4.60. The molecule has 2 amide bonds. The molecule has 0 aromatic heterocycles. The summed E-state index contributed by atoms with van der Waals surface area (Å²) in [5.41, 5.74) is 3.41. The summed E-state index contributed by atoms with van der Waals surface area (Å²) in [6.07, 6.45) is 1.55. The number of nitrogens with zero attached hydrogens (tertiary/aromatic N) is 1. The molecule has 0 heterocycles. The van der Waals surface area contributed by atoms with E-state index < -0.39 is 0 Å². The first-order valence-electron chi connectivity index (χ1n) is 9.35. The number of carbonyl (C=O) groups is 2. The Hall–Kier alpha value is -3.02. The van der Waals surface area contributed by atoms with Crippen molar-refractivity contribution >= 4 is 23.2 Å². The number of hydrogen-bond donors (Lipinski definition) is 1. The van der Waals surface area contributed by atoms with Gasteiger partial charge in [-0.3, -0.25) is 9.59 Å². The summed E-state index contributed by atoms with van der Waals surface area (Å²) in [6, 6.07) is 11.1. The lowest BCUT2D eigenvalue weighted by atomic mass is 10.0. The van der Waals surface area contributed by atoms with Crippen molar-refractivity contribution in [3.63, 3.8) is 0 Å². The van der Waals surface area contributed by atoms with Gasteiger partial charge in [0.1, 0.15) is 18.0 Å². The molecule has 28 heavy (non-hydrogen) atoms. The van der Waals surface area contributed by atoms with Crippen molar-refractivity contribution in [1.29, 1.82) is 0 Å². The SMILES string of the molecule is CCc1cccc(CC)c1N(CC(=O)Nc1cc(OC)ccc1OC)C(C)=O. The highest BCUT2D eigenvalue weighted by molar-refractivity contribution is 6.03. The van der Waals surface area contributed by atoms with Crippen LogP contribution in [0.3, 0.4) is 0 Å². The summed E-state index contributed by atoms with van der Waals surface area (Å²) in [6.45, 7) is 5.47. The normalized spacial score (nSPS) is 10.3. The van der Waals surface area contributed by atoms with Crippen LogP contribution in [-0.2, 0) is 22.4 Å². The maximum Gasteiger partial charge on any atom is 0.244 e. The van der Waals surface area contributed by atoms with Crippen molar-refractivity contribution in [2.45, 2.75) is 33.6 Å². The Bertz CT molecular complexity index is 826. The largest absolute Gasteiger partial charge is 0.497 e. The molecule has 6 nitrogen and oxygen atoms in total. The van der Waals surface area contributed by atoms with Crippen LogP contribution in [0, 0.1) is 0 Å². The number of anilines is 2. The highest BCUT2D eigenvalue weighted by atomic mass is 16.5. The second-order valence-corrected chi connectivity index (χ2v) is 6.35. The molecule has 2 rings (SSSR count). The van der Waals surface area contributed by atoms with Gasteiger partial charge in [0.2, 0.25) is 11.8 Å². The van der Waals surface area contributed by atoms with Gasteiger partial charge in [-0.2, -0.15) is 0 Å². The lowest BCUT2D eigenvalue weighted by Gasteiger charge is -2.26. The highest BCUT2D eigenvalue weighted by Crippen LogP contribution is 2.30. The number of methoxy groups -OCH3 is 2. The fourth-order valence-corrected chi connectivity index (χ4v) is 3.15. The zero-order valence-corrected chi connectivity index (χ0v) is 17.2. The van der Waals surface area contributed by atoms with E-state index in [1.54, 1.807) is 30.2 Å². The van der Waals surface area contributed by atoms with Crippen LogP contribution < -0.4 is 19.7 Å². The van der Waals surface area contributed by atoms with Crippen molar-refractivity contribution in [3.05, 3.63) is 47.5 Å². The van der Waals surface area contributed by atoms with Crippen LogP contribution in [0.2, 0.25) is 0 Å². The molecule has 0 saturated carbocycles. The average molecular weight is 384 g/mol. The minimum absolute atomic E-state index is 0.0836. The van der Waals surface area contributed by atoms with Crippen LogP contribution in [0.5, 0.6) is 11.5 Å². The quantitative estimate of drug-likeness (QED) is 0.751. The van der Waals surface area contributed by atoms with Crippen LogP contribution in [0.1, 0.15) is 31.9 Å². The molecule has 1 N–H and O–H groups in total. The first-order valence-corrected chi connectivity index (χ1v) is 9.35. The third kappa shape index (κ3) is 4.82. The van der Waals surface area contributed by atoms with Crippen molar-refractivity contribution in [3.8, 4) is 11.5 Å². The molecule has 150 valence electrons. The Morgan fingerprint density at radius 2 is 1.64 bits per heavy atom. The summed E-state index contributed by atoms with van der Waals surface area (Å²) in [7, 11) is 3.09. The summed E-state index contributed by atoms with van der Waals surface area (Å²) in [5.74, 6) is 0.633. The lowest BCUT2D eigenvalue weighted by Crippen LogP contribution is -2.38. The number of aryl methyl sites for hydroxylation is 2. The average Bonchev–Trinajstić information content (AvgIpc) is 2.71. The molecule has 0 aliphatic rings. The molecule has 0 bridgehead atoms. The number of benzene rings is 2. The maximum atomic E-state index is 12.8. The van der Waals surface area contributed by atoms with Gasteiger partial charge >= 0.3 is 0 Å². The Kier molecular flexibility index (Phi) is 7.44. The van der Waals surface area contributed by atoms with Gasteiger partial charge in [0, 0.05) is 13.0 Å². The smallest absolute Gasteiger partial charge is 0.244 e. The van der Waals surface area contributed by atoms with E-state index in [1.807, 2.05) is 32.0 Å². The number of nitrogens with one attached hydrogen (secondary N) is 1. The van der Waals surface area contributed by atoms with Crippen LogP contribution in [0.4, 0.5) is 11.4 Å². The topological polar surface area (TPSA) is 67.9 Å². The van der Waals surface area contributed by atoms with E-state index in [9.17, 15) is 9.59 Å². The van der Waals surface area contributed by atoms with E-state index in [0.717, 1.165) is 29.7 Å². The van der Waals surface area contributed by atoms with Gasteiger partial charge in [0.15, 0.2) is 0 Å². The van der Waals surface area contributed by atoms with E-state index in [1.165, 1.54) is 14.0 Å². The predicted octanol–water partition coefficient (Wildman–Crippen LogP) is 3.82. The maximum absolute atomic E-state index is 12.8. The summed E-state index contributed by atoms with van der Waals surface area (Å²) in [5, 5.41) is 2.83. The first kappa shape index (κ1) is 21.3. The second-order valence-electron chi connectivity index (χ2n) is 6.35. The molecule has 2 aromatic carbocycles. The van der Waals surface area contributed by atoms with Gasteiger partial charge < -0.3 is 19.7 Å². The number of rotatable bonds is 8. The van der Waals surface area contributed by atoms with Gasteiger partial charge in [-0.15, -0.1) is 0 Å². The van der Waals surface area contributed by atoms with E-state index in [-0.39, 0.29) is 18.4 Å². The Labute approximate surface area is 166 Å². The number of hydrogen-bond acceptors (Lipinski definition) is 4. The molecule has 6 heteroatoms. The van der Waals surface area contributed by atoms with Crippen LogP contribution in [0.25, 0.3) is 0 Å². The predicted molar refractivity (Wildman–Crippen MR) is 111 cm³/mol. The highest BCUT2D eigenvalue weighted by Gasteiger charge is 2.21. The molecule has 0 unspecified atom stereocenters. The van der Waals surface area contributed by atoms with Crippen molar-refractivity contribution in [2.24, 2.45) is 0 Å². The third-order valence-corrected chi connectivity index (χ3v) is 4.60. The van der Waals surface area contributed by atoms with Gasteiger partial charge in [0.05, 0.1) is 25.6 Å². The number of amides is 2. The summed E-state index contributed by atoms with van der Waals surface area (Å²) < 4.78 is 10.5. The Morgan fingerprint density at radius 3 is 2.14 bits per heavy atom. The second kappa shape index (κ2) is 9.78. The van der Waals surface area contributed by atoms with Gasteiger partial charge in [0.25, 0.3) is 0 Å². The van der Waals surface area contributed by atoms with Crippen molar-refractivity contribution in [1.82, 2.24) is 0 Å². The molecule has 0 radical (unpaired) electrons. The zero-order valence-electron chi connectivity index (χ0n) is 17.2. The number of para-hydroxylation sites is 1. The lowest BCUT2D eigenvalue weighted by molar-refractivity contribution is -0.120. The van der Waals surface area contributed by atoms with Gasteiger partial charge in [-0.25, -0.2) is 0 Å². The molecule has 0 saturated heterocycles. The monoisotopic (exact) mass is 384 g/mol. The molecule has 2 aromatic rings. The fourth-order valence-electron chi connectivity index (χ4n) is 3.15. The zero-order chi connectivity index (χ0) is 20.7. The molecular formula is C22H28N2O4. The number of carbonyl (C=O) groups excluding carboxylic acids is 2. The summed E-state index contributed by atoms with van der Waals surface area (Å²) >= 11 is 0. The molecule has 0 atom stereocenters. The van der Waals surface area contributed by atoms with E-state index in [2.05, 4.69) is 5.32 Å². The minimum atomic E-state index is -0.310. The molecule has 0 aliphatic carbocycles. The molecular weight excluding hydrogens is 356 g/mol. The van der Waals surface area contributed by atoms with E-state index in [0.29, 0.717) is 17.2 Å². The summed E-state index contributed by atoms with van der Waals surface area (Å²) in [4.78, 5) is 26.7. The van der Waals surface area contributed by atoms with Crippen LogP contribution >= 0.6 is 0 Å². The van der Waals surface area contributed by atoms with Crippen LogP contribution in [0.15, 0.2) is 36.4 Å². The minimum Gasteiger partial charge on any atom is -0.497 e. The van der Waals surface area contributed by atoms with Gasteiger partial charge in [-0.05, 0) is 36.1 Å².